The zero-order valence-corrected chi connectivity index (χ0v) is 22.6. The first-order valence-electron chi connectivity index (χ1n) is 13.5. The van der Waals surface area contributed by atoms with Crippen LogP contribution in [0.5, 0.6) is 5.75 Å². The number of nitrogens with zero attached hydrogens (tertiary/aromatic N) is 1. The van der Waals surface area contributed by atoms with Crippen molar-refractivity contribution in [3.05, 3.63) is 29.8 Å². The van der Waals surface area contributed by atoms with Gasteiger partial charge in [-0.1, -0.05) is 18.2 Å². The molecule has 2 saturated heterocycles. The summed E-state index contributed by atoms with van der Waals surface area (Å²) in [4.78, 5) is 37.8. The highest BCUT2D eigenvalue weighted by Crippen LogP contribution is 2.39. The Labute approximate surface area is 223 Å². The van der Waals surface area contributed by atoms with Gasteiger partial charge in [0.05, 0.1) is 43.9 Å². The fourth-order valence-electron chi connectivity index (χ4n) is 5.68. The van der Waals surface area contributed by atoms with E-state index in [4.69, 9.17) is 24.1 Å². The maximum atomic E-state index is 13.0. The Morgan fingerprint density at radius 3 is 2.61 bits per heavy atom. The number of carboxylic acid groups (broad SMARTS) is 1. The van der Waals surface area contributed by atoms with Gasteiger partial charge in [-0.05, 0) is 70.4 Å². The van der Waals surface area contributed by atoms with Gasteiger partial charge in [0.2, 0.25) is 5.91 Å². The Morgan fingerprint density at radius 2 is 1.92 bits per heavy atom. The third kappa shape index (κ3) is 6.96. The van der Waals surface area contributed by atoms with E-state index in [-0.39, 0.29) is 44.3 Å². The zero-order chi connectivity index (χ0) is 27.3. The minimum absolute atomic E-state index is 0.0211. The monoisotopic (exact) mass is 532 g/mol. The Balaban J connectivity index is 1.37. The molecule has 0 bridgehead atoms. The number of amides is 2. The normalized spacial score (nSPS) is 27.7. The standard InChI is InChI=1S/C28H40N2O8/c1-27(2,3)38-26(34)30-14-13-28(18-35-17-24(31)29-28)23(30)16-37-20-10-8-19(9-11-20)21-6-4-5-7-22(21)36-15-12-25(32)33/h4-7,19-20,23H,8-18H2,1-3H3,(H,29,31)(H,32,33)/t19?,20?,23-,28+/m0/s1. The maximum Gasteiger partial charge on any atom is 0.410 e. The van der Waals surface area contributed by atoms with E-state index in [9.17, 15) is 14.4 Å². The first kappa shape index (κ1) is 28.2. The highest BCUT2D eigenvalue weighted by atomic mass is 16.6. The van der Waals surface area contributed by atoms with Gasteiger partial charge in [0.1, 0.15) is 18.0 Å². The lowest BCUT2D eigenvalue weighted by Crippen LogP contribution is -2.65. The van der Waals surface area contributed by atoms with Crippen molar-refractivity contribution in [3.63, 3.8) is 0 Å². The molecule has 1 aromatic rings. The number of morpholine rings is 1. The van der Waals surface area contributed by atoms with Crippen molar-refractivity contribution in [2.24, 2.45) is 0 Å². The molecule has 3 aliphatic rings. The topological polar surface area (TPSA) is 124 Å². The molecule has 0 aromatic heterocycles. The molecule has 0 unspecified atom stereocenters. The smallest absolute Gasteiger partial charge is 0.410 e. The maximum absolute atomic E-state index is 13.0. The van der Waals surface area contributed by atoms with Crippen molar-refractivity contribution in [1.29, 1.82) is 0 Å². The van der Waals surface area contributed by atoms with E-state index >= 15 is 0 Å². The van der Waals surface area contributed by atoms with E-state index in [1.165, 1.54) is 0 Å². The molecule has 2 N–H and O–H groups in total. The van der Waals surface area contributed by atoms with E-state index < -0.39 is 23.2 Å². The number of nitrogens with one attached hydrogen (secondary N) is 1. The van der Waals surface area contributed by atoms with Crippen LogP contribution in [-0.4, -0.2) is 84.2 Å². The van der Waals surface area contributed by atoms with Crippen LogP contribution in [0, 0.1) is 0 Å². The van der Waals surface area contributed by atoms with Crippen LogP contribution in [0.2, 0.25) is 0 Å². The second kappa shape index (κ2) is 11.9. The lowest BCUT2D eigenvalue weighted by Gasteiger charge is -2.41. The van der Waals surface area contributed by atoms with Gasteiger partial charge in [0.15, 0.2) is 0 Å². The molecule has 210 valence electrons. The number of ether oxygens (including phenoxy) is 4. The van der Waals surface area contributed by atoms with Crippen molar-refractivity contribution < 1.29 is 38.4 Å². The van der Waals surface area contributed by atoms with Crippen LogP contribution in [0.15, 0.2) is 24.3 Å². The van der Waals surface area contributed by atoms with Gasteiger partial charge in [-0.15, -0.1) is 0 Å². The molecule has 10 nitrogen and oxygen atoms in total. The minimum Gasteiger partial charge on any atom is -0.493 e. The second-order valence-electron chi connectivity index (χ2n) is 11.5. The van der Waals surface area contributed by atoms with Crippen LogP contribution in [0.25, 0.3) is 0 Å². The first-order valence-corrected chi connectivity index (χ1v) is 13.5. The van der Waals surface area contributed by atoms with Gasteiger partial charge in [-0.3, -0.25) is 9.59 Å². The Kier molecular flexibility index (Phi) is 8.82. The van der Waals surface area contributed by atoms with Crippen LogP contribution in [0.3, 0.4) is 0 Å². The number of likely N-dealkylation sites (tertiary alicyclic amines) is 1. The van der Waals surface area contributed by atoms with Crippen LogP contribution in [0.4, 0.5) is 4.79 Å². The number of rotatable bonds is 8. The SMILES string of the molecule is CC(C)(C)OC(=O)N1CC[C@@]2(COCC(=O)N2)[C@@H]1COC1CCC(c2ccccc2OCCC(=O)O)CC1. The average Bonchev–Trinajstić information content (AvgIpc) is 3.19. The van der Waals surface area contributed by atoms with E-state index in [1.54, 1.807) is 4.90 Å². The summed E-state index contributed by atoms with van der Waals surface area (Å²) >= 11 is 0. The molecule has 4 rings (SSSR count). The van der Waals surface area contributed by atoms with Crippen molar-refractivity contribution in [2.45, 2.75) is 88.5 Å². The highest BCUT2D eigenvalue weighted by molar-refractivity contribution is 5.79. The van der Waals surface area contributed by atoms with Crippen molar-refractivity contribution in [1.82, 2.24) is 10.2 Å². The van der Waals surface area contributed by atoms with Crippen LogP contribution < -0.4 is 10.1 Å². The van der Waals surface area contributed by atoms with Crippen molar-refractivity contribution in [3.8, 4) is 5.75 Å². The van der Waals surface area contributed by atoms with E-state index in [2.05, 4.69) is 11.4 Å². The van der Waals surface area contributed by atoms with Crippen LogP contribution >= 0.6 is 0 Å². The molecular weight excluding hydrogens is 492 g/mol. The molecule has 2 heterocycles. The molecule has 3 fully saturated rings. The Morgan fingerprint density at radius 1 is 1.18 bits per heavy atom. The Bertz CT molecular complexity index is 1000. The predicted octanol–water partition coefficient (Wildman–Crippen LogP) is 3.48. The highest BCUT2D eigenvalue weighted by Gasteiger charge is 2.53. The average molecular weight is 533 g/mol. The summed E-state index contributed by atoms with van der Waals surface area (Å²) in [6.07, 6.45) is 3.69. The largest absolute Gasteiger partial charge is 0.493 e. The Hall–Kier alpha value is -2.85. The molecular formula is C28H40N2O8. The lowest BCUT2D eigenvalue weighted by atomic mass is 9.82. The molecule has 1 aromatic carbocycles. The first-order chi connectivity index (χ1) is 18.1. The molecule has 10 heteroatoms. The van der Waals surface area contributed by atoms with Crippen molar-refractivity contribution in [2.75, 3.05) is 33.0 Å². The molecule has 2 aliphatic heterocycles. The quantitative estimate of drug-likeness (QED) is 0.522. The zero-order valence-electron chi connectivity index (χ0n) is 22.6. The number of carboxylic acids is 1. The van der Waals surface area contributed by atoms with Crippen LogP contribution in [-0.2, 0) is 23.8 Å². The fraction of sp³-hybridized carbons (Fsp3) is 0.679. The summed E-state index contributed by atoms with van der Waals surface area (Å²) in [5.74, 6) is -0.0177. The number of benzene rings is 1. The summed E-state index contributed by atoms with van der Waals surface area (Å²) < 4.78 is 23.4. The molecule has 38 heavy (non-hydrogen) atoms. The molecule has 2 atom stereocenters. The van der Waals surface area contributed by atoms with E-state index in [0.717, 1.165) is 37.0 Å². The van der Waals surface area contributed by atoms with Gasteiger partial charge in [-0.25, -0.2) is 4.79 Å². The van der Waals surface area contributed by atoms with E-state index in [1.807, 2.05) is 39.0 Å². The van der Waals surface area contributed by atoms with Gasteiger partial charge in [0, 0.05) is 6.54 Å². The third-order valence-corrected chi connectivity index (χ3v) is 7.52. The second-order valence-corrected chi connectivity index (χ2v) is 11.5. The summed E-state index contributed by atoms with van der Waals surface area (Å²) in [5, 5.41) is 12.0. The van der Waals surface area contributed by atoms with Gasteiger partial charge in [-0.2, -0.15) is 0 Å². The predicted molar refractivity (Wildman–Crippen MR) is 138 cm³/mol. The van der Waals surface area contributed by atoms with Crippen molar-refractivity contribution >= 4 is 18.0 Å². The number of aliphatic carboxylic acids is 1. The van der Waals surface area contributed by atoms with E-state index in [0.29, 0.717) is 25.5 Å². The summed E-state index contributed by atoms with van der Waals surface area (Å²) in [6.45, 7) is 6.74. The lowest BCUT2D eigenvalue weighted by molar-refractivity contribution is -0.138. The number of hydrogen-bond acceptors (Lipinski definition) is 7. The molecule has 2 amide bonds. The summed E-state index contributed by atoms with van der Waals surface area (Å²) in [6, 6.07) is 7.44. The minimum atomic E-state index is -0.881. The van der Waals surface area contributed by atoms with Crippen LogP contribution in [0.1, 0.15) is 70.8 Å². The summed E-state index contributed by atoms with van der Waals surface area (Å²) in [7, 11) is 0. The summed E-state index contributed by atoms with van der Waals surface area (Å²) in [5.41, 5.74) is -0.212. The number of carbonyl (C=O) groups is 3. The number of hydrogen-bond donors (Lipinski definition) is 2. The molecule has 1 aliphatic carbocycles. The fourth-order valence-corrected chi connectivity index (χ4v) is 5.68. The third-order valence-electron chi connectivity index (χ3n) is 7.52. The van der Waals surface area contributed by atoms with Gasteiger partial charge < -0.3 is 34.3 Å². The molecule has 0 radical (unpaired) electrons. The number of para-hydroxylation sites is 1. The molecule has 1 saturated carbocycles. The number of carbonyl (C=O) groups excluding carboxylic acids is 2. The molecule has 1 spiro atoms. The van der Waals surface area contributed by atoms with Gasteiger partial charge >= 0.3 is 12.1 Å². The van der Waals surface area contributed by atoms with Gasteiger partial charge in [0.25, 0.3) is 0 Å².